The van der Waals surface area contributed by atoms with Crippen molar-refractivity contribution in [2.75, 3.05) is 39.3 Å². The largest absolute Gasteiger partial charge is 0.315 e. The lowest BCUT2D eigenvalue weighted by Gasteiger charge is -2.47. The van der Waals surface area contributed by atoms with Gasteiger partial charge in [-0.1, -0.05) is 19.8 Å². The molecule has 18 heavy (non-hydrogen) atoms. The number of piperidine rings is 1. The summed E-state index contributed by atoms with van der Waals surface area (Å²) >= 11 is 0. The van der Waals surface area contributed by atoms with Gasteiger partial charge in [0.2, 0.25) is 0 Å². The lowest BCUT2D eigenvalue weighted by molar-refractivity contribution is 0.0161. The number of nitrogens with one attached hydrogen (secondary N) is 1. The Labute approximate surface area is 113 Å². The highest BCUT2D eigenvalue weighted by atomic mass is 15.3. The zero-order valence-electron chi connectivity index (χ0n) is 12.3. The topological polar surface area (TPSA) is 18.5 Å². The van der Waals surface area contributed by atoms with Crippen LogP contribution < -0.4 is 5.32 Å². The number of nitrogens with zero attached hydrogens (tertiary/aromatic N) is 2. The van der Waals surface area contributed by atoms with Crippen molar-refractivity contribution < 1.29 is 0 Å². The van der Waals surface area contributed by atoms with E-state index < -0.39 is 0 Å². The van der Waals surface area contributed by atoms with E-state index in [9.17, 15) is 0 Å². The molecule has 2 heterocycles. The van der Waals surface area contributed by atoms with Crippen LogP contribution in [0.25, 0.3) is 0 Å². The van der Waals surface area contributed by atoms with E-state index in [1.165, 1.54) is 64.8 Å². The number of hydrogen-bond donors (Lipinski definition) is 1. The molecular formula is C15H31N3. The summed E-state index contributed by atoms with van der Waals surface area (Å²) in [7, 11) is 0. The lowest BCUT2D eigenvalue weighted by Crippen LogP contribution is -2.59. The molecule has 0 spiro atoms. The second-order valence-corrected chi connectivity index (χ2v) is 6.09. The van der Waals surface area contributed by atoms with Crippen molar-refractivity contribution in [3.8, 4) is 0 Å². The Morgan fingerprint density at radius 2 is 2.06 bits per heavy atom. The van der Waals surface area contributed by atoms with E-state index in [1.54, 1.807) is 0 Å². The van der Waals surface area contributed by atoms with Gasteiger partial charge in [-0.05, 0) is 39.3 Å². The van der Waals surface area contributed by atoms with Crippen molar-refractivity contribution in [1.29, 1.82) is 0 Å². The summed E-state index contributed by atoms with van der Waals surface area (Å²) in [6.07, 6.45) is 6.89. The fourth-order valence-corrected chi connectivity index (χ4v) is 3.37. The van der Waals surface area contributed by atoms with Crippen LogP contribution in [0, 0.1) is 0 Å². The summed E-state index contributed by atoms with van der Waals surface area (Å²) in [4.78, 5) is 5.43. The molecule has 0 aromatic heterocycles. The quantitative estimate of drug-likeness (QED) is 0.730. The summed E-state index contributed by atoms with van der Waals surface area (Å²) in [5.74, 6) is 0. The van der Waals surface area contributed by atoms with Gasteiger partial charge >= 0.3 is 0 Å². The summed E-state index contributed by atoms with van der Waals surface area (Å²) in [5, 5.41) is 3.57. The summed E-state index contributed by atoms with van der Waals surface area (Å²) in [6, 6.07) is 1.60. The van der Waals surface area contributed by atoms with Crippen LogP contribution >= 0.6 is 0 Å². The van der Waals surface area contributed by atoms with Gasteiger partial charge in [0.25, 0.3) is 0 Å². The minimum Gasteiger partial charge on any atom is -0.315 e. The number of hydrogen-bond acceptors (Lipinski definition) is 3. The Hall–Kier alpha value is -0.120. The standard InChI is InChI=1S/C15H31N3/c1-3-4-8-16-9-11-17-13-15-7-5-6-10-18(15)12-14(17)2/h14-16H,3-13H2,1-2H3. The Bertz CT molecular complexity index is 232. The van der Waals surface area contributed by atoms with Gasteiger partial charge in [0.05, 0.1) is 0 Å². The molecule has 2 unspecified atom stereocenters. The van der Waals surface area contributed by atoms with Crippen molar-refractivity contribution in [3.63, 3.8) is 0 Å². The van der Waals surface area contributed by atoms with Gasteiger partial charge in [-0.15, -0.1) is 0 Å². The molecule has 2 aliphatic heterocycles. The predicted octanol–water partition coefficient (Wildman–Crippen LogP) is 1.93. The van der Waals surface area contributed by atoms with Gasteiger partial charge in [0, 0.05) is 38.3 Å². The molecule has 3 nitrogen and oxygen atoms in total. The third-order valence-electron chi connectivity index (χ3n) is 4.60. The zero-order valence-corrected chi connectivity index (χ0v) is 12.3. The van der Waals surface area contributed by atoms with Crippen LogP contribution in [-0.2, 0) is 0 Å². The van der Waals surface area contributed by atoms with E-state index in [0.29, 0.717) is 0 Å². The number of piperazine rings is 1. The number of fused-ring (bicyclic) bond motifs is 1. The molecule has 0 aromatic carbocycles. The highest BCUT2D eigenvalue weighted by Gasteiger charge is 2.32. The molecule has 0 bridgehead atoms. The molecule has 2 fully saturated rings. The molecule has 2 saturated heterocycles. The molecule has 0 radical (unpaired) electrons. The highest BCUT2D eigenvalue weighted by molar-refractivity contribution is 4.89. The normalized spacial score (nSPS) is 30.3. The molecule has 2 aliphatic rings. The molecule has 0 saturated carbocycles. The molecule has 3 heteroatoms. The minimum atomic E-state index is 0.743. The fourth-order valence-electron chi connectivity index (χ4n) is 3.37. The van der Waals surface area contributed by atoms with E-state index in [0.717, 1.165) is 18.6 Å². The van der Waals surface area contributed by atoms with Crippen LogP contribution in [0.1, 0.15) is 46.0 Å². The van der Waals surface area contributed by atoms with Crippen molar-refractivity contribution >= 4 is 0 Å². The van der Waals surface area contributed by atoms with Gasteiger partial charge in [0.15, 0.2) is 0 Å². The van der Waals surface area contributed by atoms with E-state index in [-0.39, 0.29) is 0 Å². The Balaban J connectivity index is 1.68. The SMILES string of the molecule is CCCCNCCN1CC2CCCCN2CC1C. The van der Waals surface area contributed by atoms with Crippen LogP contribution in [0.3, 0.4) is 0 Å². The second kappa shape index (κ2) is 7.46. The average Bonchev–Trinajstić information content (AvgIpc) is 2.39. The van der Waals surface area contributed by atoms with Crippen molar-refractivity contribution in [2.24, 2.45) is 0 Å². The first-order valence-electron chi connectivity index (χ1n) is 8.00. The van der Waals surface area contributed by atoms with Crippen LogP contribution in [0.2, 0.25) is 0 Å². The van der Waals surface area contributed by atoms with Gasteiger partial charge < -0.3 is 5.32 Å². The van der Waals surface area contributed by atoms with E-state index >= 15 is 0 Å². The molecule has 1 N–H and O–H groups in total. The molecule has 106 valence electrons. The first-order chi connectivity index (χ1) is 8.81. The van der Waals surface area contributed by atoms with Crippen molar-refractivity contribution in [1.82, 2.24) is 15.1 Å². The summed E-state index contributed by atoms with van der Waals surface area (Å²) in [6.45, 7) is 12.2. The van der Waals surface area contributed by atoms with Crippen LogP contribution in [0.4, 0.5) is 0 Å². The van der Waals surface area contributed by atoms with Crippen LogP contribution in [-0.4, -0.2) is 61.2 Å². The Morgan fingerprint density at radius 3 is 2.89 bits per heavy atom. The smallest absolute Gasteiger partial charge is 0.0223 e. The first kappa shape index (κ1) is 14.3. The van der Waals surface area contributed by atoms with Gasteiger partial charge in [-0.2, -0.15) is 0 Å². The molecule has 0 aliphatic carbocycles. The van der Waals surface area contributed by atoms with E-state index in [2.05, 4.69) is 29.0 Å². The molecule has 2 atom stereocenters. The minimum absolute atomic E-state index is 0.743. The predicted molar refractivity (Wildman–Crippen MR) is 78.0 cm³/mol. The van der Waals surface area contributed by atoms with Crippen LogP contribution in [0.15, 0.2) is 0 Å². The molecule has 0 amide bonds. The summed E-state index contributed by atoms with van der Waals surface area (Å²) in [5.41, 5.74) is 0. The Kier molecular flexibility index (Phi) is 5.93. The first-order valence-corrected chi connectivity index (χ1v) is 8.00. The van der Waals surface area contributed by atoms with Crippen LogP contribution in [0.5, 0.6) is 0 Å². The van der Waals surface area contributed by atoms with Gasteiger partial charge in [0.1, 0.15) is 0 Å². The molecule has 0 aromatic rings. The third-order valence-corrected chi connectivity index (χ3v) is 4.60. The maximum Gasteiger partial charge on any atom is 0.0223 e. The number of unbranched alkanes of at least 4 members (excludes halogenated alkanes) is 1. The maximum absolute atomic E-state index is 3.57. The maximum atomic E-state index is 3.57. The third kappa shape index (κ3) is 3.94. The monoisotopic (exact) mass is 253 g/mol. The highest BCUT2D eigenvalue weighted by Crippen LogP contribution is 2.23. The zero-order chi connectivity index (χ0) is 12.8. The van der Waals surface area contributed by atoms with Gasteiger partial charge in [-0.25, -0.2) is 0 Å². The van der Waals surface area contributed by atoms with Crippen molar-refractivity contribution in [3.05, 3.63) is 0 Å². The second-order valence-electron chi connectivity index (χ2n) is 6.09. The van der Waals surface area contributed by atoms with Gasteiger partial charge in [-0.3, -0.25) is 9.80 Å². The van der Waals surface area contributed by atoms with Crippen molar-refractivity contribution in [2.45, 2.75) is 58.0 Å². The van der Waals surface area contributed by atoms with E-state index in [4.69, 9.17) is 0 Å². The lowest BCUT2D eigenvalue weighted by atomic mass is 9.97. The van der Waals surface area contributed by atoms with E-state index in [1.807, 2.05) is 0 Å². The Morgan fingerprint density at radius 1 is 1.17 bits per heavy atom. The average molecular weight is 253 g/mol. The summed E-state index contributed by atoms with van der Waals surface area (Å²) < 4.78 is 0. The molecular weight excluding hydrogens is 222 g/mol. The molecule has 2 rings (SSSR count). The number of rotatable bonds is 6. The fraction of sp³-hybridized carbons (Fsp3) is 1.00.